The Hall–Kier alpha value is -2.22. The molecule has 1 aliphatic carbocycles. The van der Waals surface area contributed by atoms with Crippen LogP contribution < -0.4 is 0 Å². The lowest BCUT2D eigenvalue weighted by molar-refractivity contribution is 0.0604. The average Bonchev–Trinajstić information content (AvgIpc) is 3.28. The van der Waals surface area contributed by atoms with Crippen molar-refractivity contribution in [1.82, 2.24) is 29.7 Å². The van der Waals surface area contributed by atoms with E-state index in [4.69, 9.17) is 4.52 Å². The molecule has 2 aromatic heterocycles. The number of aryl methyl sites for hydroxylation is 2. The van der Waals surface area contributed by atoms with E-state index in [-0.39, 0.29) is 11.9 Å². The molecule has 1 saturated carbocycles. The van der Waals surface area contributed by atoms with Crippen LogP contribution in [0.25, 0.3) is 0 Å². The summed E-state index contributed by atoms with van der Waals surface area (Å²) in [6.45, 7) is 4.38. The molecule has 0 radical (unpaired) electrons. The molecule has 1 unspecified atom stereocenters. The topological polar surface area (TPSA) is 80.3 Å². The number of hydrogen-bond acceptors (Lipinski definition) is 6. The van der Waals surface area contributed by atoms with Crippen molar-refractivity contribution < 1.29 is 9.32 Å². The van der Waals surface area contributed by atoms with E-state index in [2.05, 4.69) is 20.1 Å². The highest BCUT2D eigenvalue weighted by molar-refractivity contribution is 5.95. The third-order valence-electron chi connectivity index (χ3n) is 5.37. The SMILES string of the molecule is Cc1nn(C)cc1C(=O)N(C)C1CCCN(Cc2noc(C3CC3)n2)C1. The number of rotatable bonds is 5. The van der Waals surface area contributed by atoms with Gasteiger partial charge in [0, 0.05) is 38.8 Å². The van der Waals surface area contributed by atoms with Crippen LogP contribution >= 0.6 is 0 Å². The Morgan fingerprint density at radius 1 is 1.38 bits per heavy atom. The summed E-state index contributed by atoms with van der Waals surface area (Å²) < 4.78 is 7.05. The van der Waals surface area contributed by atoms with Gasteiger partial charge in [0.1, 0.15) is 0 Å². The molecule has 4 rings (SSSR count). The van der Waals surface area contributed by atoms with Crippen LogP contribution in [0.1, 0.15) is 59.4 Å². The Bertz CT molecular complexity index is 793. The van der Waals surface area contributed by atoms with Crippen molar-refractivity contribution in [3.8, 4) is 0 Å². The van der Waals surface area contributed by atoms with Gasteiger partial charge in [-0.15, -0.1) is 0 Å². The van der Waals surface area contributed by atoms with E-state index in [1.165, 1.54) is 0 Å². The van der Waals surface area contributed by atoms with Crippen LogP contribution in [0.15, 0.2) is 10.7 Å². The highest BCUT2D eigenvalue weighted by Crippen LogP contribution is 2.38. The maximum Gasteiger partial charge on any atom is 0.257 e. The Kier molecular flexibility index (Phi) is 4.52. The third-order valence-corrected chi connectivity index (χ3v) is 5.37. The number of piperidine rings is 1. The van der Waals surface area contributed by atoms with Crippen LogP contribution in [0, 0.1) is 6.92 Å². The Balaban J connectivity index is 1.39. The van der Waals surface area contributed by atoms with Crippen LogP contribution in [-0.4, -0.2) is 61.8 Å². The van der Waals surface area contributed by atoms with Gasteiger partial charge >= 0.3 is 0 Å². The second-order valence-electron chi connectivity index (χ2n) is 7.57. The molecule has 2 aromatic rings. The molecular weight excluding hydrogens is 332 g/mol. The molecule has 26 heavy (non-hydrogen) atoms. The summed E-state index contributed by atoms with van der Waals surface area (Å²) >= 11 is 0. The van der Waals surface area contributed by atoms with Crippen molar-refractivity contribution >= 4 is 5.91 Å². The van der Waals surface area contributed by atoms with E-state index in [0.29, 0.717) is 18.0 Å². The van der Waals surface area contributed by atoms with Gasteiger partial charge in [-0.3, -0.25) is 14.4 Å². The Labute approximate surface area is 153 Å². The Morgan fingerprint density at radius 3 is 2.88 bits per heavy atom. The maximum atomic E-state index is 12.8. The zero-order valence-corrected chi connectivity index (χ0v) is 15.7. The van der Waals surface area contributed by atoms with Gasteiger partial charge < -0.3 is 9.42 Å². The van der Waals surface area contributed by atoms with Gasteiger partial charge in [0.05, 0.1) is 17.8 Å². The van der Waals surface area contributed by atoms with Gasteiger partial charge in [-0.25, -0.2) is 0 Å². The molecule has 1 amide bonds. The molecule has 0 bridgehead atoms. The van der Waals surface area contributed by atoms with Crippen molar-refractivity contribution in [3.63, 3.8) is 0 Å². The van der Waals surface area contributed by atoms with Crippen LogP contribution in [0.3, 0.4) is 0 Å². The summed E-state index contributed by atoms with van der Waals surface area (Å²) in [4.78, 5) is 21.5. The molecule has 8 nitrogen and oxygen atoms in total. The molecule has 8 heteroatoms. The van der Waals surface area contributed by atoms with Crippen molar-refractivity contribution in [2.24, 2.45) is 7.05 Å². The van der Waals surface area contributed by atoms with Crippen molar-refractivity contribution in [2.45, 2.75) is 51.1 Å². The minimum absolute atomic E-state index is 0.0398. The van der Waals surface area contributed by atoms with Crippen molar-refractivity contribution in [2.75, 3.05) is 20.1 Å². The molecule has 2 fully saturated rings. The van der Waals surface area contributed by atoms with E-state index in [1.54, 1.807) is 10.9 Å². The molecule has 1 atom stereocenters. The molecule has 2 aliphatic rings. The molecule has 1 aliphatic heterocycles. The minimum atomic E-state index is 0.0398. The lowest BCUT2D eigenvalue weighted by Crippen LogP contribution is -2.48. The molecule has 140 valence electrons. The lowest BCUT2D eigenvalue weighted by atomic mass is 10.0. The number of carbonyl (C=O) groups excluding carboxylic acids is 1. The quantitative estimate of drug-likeness (QED) is 0.810. The van der Waals surface area contributed by atoms with Crippen molar-refractivity contribution in [1.29, 1.82) is 0 Å². The standard InChI is InChI=1S/C18H26N6O2/c1-12-15(10-22(2)20-12)18(25)23(3)14-5-4-8-24(9-14)11-16-19-17(26-21-16)13-6-7-13/h10,13-14H,4-9,11H2,1-3H3. The van der Waals surface area contributed by atoms with E-state index in [9.17, 15) is 4.79 Å². The smallest absolute Gasteiger partial charge is 0.257 e. The molecule has 0 N–H and O–H groups in total. The summed E-state index contributed by atoms with van der Waals surface area (Å²) in [5, 5.41) is 8.40. The summed E-state index contributed by atoms with van der Waals surface area (Å²) in [6.07, 6.45) is 6.19. The zero-order valence-electron chi connectivity index (χ0n) is 15.7. The van der Waals surface area contributed by atoms with Gasteiger partial charge in [-0.1, -0.05) is 5.16 Å². The number of nitrogens with zero attached hydrogens (tertiary/aromatic N) is 6. The molecule has 1 saturated heterocycles. The number of carbonyl (C=O) groups is 1. The predicted molar refractivity (Wildman–Crippen MR) is 94.6 cm³/mol. The minimum Gasteiger partial charge on any atom is -0.339 e. The van der Waals surface area contributed by atoms with Gasteiger partial charge in [0.2, 0.25) is 5.89 Å². The molecule has 0 aromatic carbocycles. The fraction of sp³-hybridized carbons (Fsp3) is 0.667. The Morgan fingerprint density at radius 2 is 2.19 bits per heavy atom. The van der Waals surface area contributed by atoms with Crippen LogP contribution in [0.5, 0.6) is 0 Å². The van der Waals surface area contributed by atoms with Gasteiger partial charge in [0.15, 0.2) is 5.82 Å². The second-order valence-corrected chi connectivity index (χ2v) is 7.57. The fourth-order valence-electron chi connectivity index (χ4n) is 3.68. The lowest BCUT2D eigenvalue weighted by Gasteiger charge is -2.37. The first kappa shape index (κ1) is 17.2. The van der Waals surface area contributed by atoms with Gasteiger partial charge in [0.25, 0.3) is 5.91 Å². The number of aromatic nitrogens is 4. The van der Waals surface area contributed by atoms with Crippen molar-refractivity contribution in [3.05, 3.63) is 29.2 Å². The van der Waals surface area contributed by atoms with Gasteiger partial charge in [-0.2, -0.15) is 10.1 Å². The maximum absolute atomic E-state index is 12.8. The monoisotopic (exact) mass is 358 g/mol. The summed E-state index contributed by atoms with van der Waals surface area (Å²) in [5.74, 6) is 2.06. The van der Waals surface area contributed by atoms with E-state index < -0.39 is 0 Å². The van der Waals surface area contributed by atoms with E-state index in [0.717, 1.165) is 56.2 Å². The fourth-order valence-corrected chi connectivity index (χ4v) is 3.68. The van der Waals surface area contributed by atoms with Crippen LogP contribution in [0.2, 0.25) is 0 Å². The summed E-state index contributed by atoms with van der Waals surface area (Å²) in [5.41, 5.74) is 1.45. The highest BCUT2D eigenvalue weighted by Gasteiger charge is 2.31. The van der Waals surface area contributed by atoms with Gasteiger partial charge in [-0.05, 0) is 39.2 Å². The average molecular weight is 358 g/mol. The molecule has 3 heterocycles. The zero-order chi connectivity index (χ0) is 18.3. The number of hydrogen-bond donors (Lipinski definition) is 0. The predicted octanol–water partition coefficient (Wildman–Crippen LogP) is 1.73. The second kappa shape index (κ2) is 6.83. The summed E-state index contributed by atoms with van der Waals surface area (Å²) in [7, 11) is 3.73. The normalized spacial score (nSPS) is 21.1. The summed E-state index contributed by atoms with van der Waals surface area (Å²) in [6, 6.07) is 0.186. The first-order chi connectivity index (χ1) is 12.5. The van der Waals surface area contributed by atoms with Crippen LogP contribution in [0.4, 0.5) is 0 Å². The molecular formula is C18H26N6O2. The first-order valence-electron chi connectivity index (χ1n) is 9.33. The number of likely N-dealkylation sites (N-methyl/N-ethyl adjacent to an activating group) is 1. The van der Waals surface area contributed by atoms with E-state index in [1.807, 2.05) is 25.9 Å². The largest absolute Gasteiger partial charge is 0.339 e. The number of likely N-dealkylation sites (tertiary alicyclic amines) is 1. The molecule has 0 spiro atoms. The van der Waals surface area contributed by atoms with Crippen LogP contribution in [-0.2, 0) is 13.6 Å². The third kappa shape index (κ3) is 3.51. The first-order valence-corrected chi connectivity index (χ1v) is 9.33. The highest BCUT2D eigenvalue weighted by atomic mass is 16.5. The number of amides is 1. The van der Waals surface area contributed by atoms with E-state index >= 15 is 0 Å².